The first-order valence-electron chi connectivity index (χ1n) is 27.7. The standard InChI is InChI=1S/4C17H15P.C8H4S2.2BrH.2Fe.2Pt/c4*1-3-9-15(10-4-1)18(17-13-7-8-14-17)16-11-5-2-6-12-16;1-3-7(9-5-1)8-4-2-6-10-8;;;;;;/h4*1-14,18H;1-4H;2*1H;;;;/q;;;-4;-2;;;;;2*+2/p-2. The number of benzene rings is 8. The second-order valence-electron chi connectivity index (χ2n) is 19.0. The third kappa shape index (κ3) is 22.8. The summed E-state index contributed by atoms with van der Waals surface area (Å²) in [5.41, 5.74) is 0. The third-order valence-corrected chi connectivity index (χ3v) is 26.2. The molecule has 0 spiro atoms. The summed E-state index contributed by atoms with van der Waals surface area (Å²) in [5.74, 6) is 0. The van der Waals surface area contributed by atoms with Gasteiger partial charge in [0.05, 0.1) is 0 Å². The molecule has 10 aromatic rings. The van der Waals surface area contributed by atoms with Gasteiger partial charge in [-0.1, -0.05) is 338 Å². The molecule has 0 aliphatic heterocycles. The van der Waals surface area contributed by atoms with Crippen molar-refractivity contribution in [1.82, 2.24) is 0 Å². The van der Waals surface area contributed by atoms with Crippen molar-refractivity contribution in [3.8, 4) is 9.75 Å². The van der Waals surface area contributed by atoms with E-state index in [2.05, 4.69) is 391 Å². The summed E-state index contributed by atoms with van der Waals surface area (Å²) < 4.78 is 0. The van der Waals surface area contributed by atoms with Gasteiger partial charge in [0.25, 0.3) is 0 Å². The summed E-state index contributed by atoms with van der Waals surface area (Å²) in [6.07, 6.45) is 35.0. The van der Waals surface area contributed by atoms with Crippen LogP contribution in [0.1, 0.15) is 0 Å². The second-order valence-corrected chi connectivity index (χ2v) is 30.6. The topological polar surface area (TPSA) is 0 Å². The quantitative estimate of drug-likeness (QED) is 0.0768. The van der Waals surface area contributed by atoms with Crippen LogP contribution in [0.4, 0.5) is 0 Å². The molecule has 88 heavy (non-hydrogen) atoms. The zero-order chi connectivity index (χ0) is 59.6. The van der Waals surface area contributed by atoms with E-state index < -0.39 is 30.2 Å². The minimum atomic E-state index is -0.834. The Balaban J connectivity index is 0.000000174. The van der Waals surface area contributed by atoms with Crippen LogP contribution in [0.2, 0.25) is 0 Å². The average Bonchev–Trinajstić information content (AvgIpc) is 3.69. The van der Waals surface area contributed by atoms with Crippen molar-refractivity contribution in [2.75, 3.05) is 0 Å². The van der Waals surface area contributed by atoms with Gasteiger partial charge in [-0.3, -0.25) is 0 Å². The fraction of sp³-hybridized carbons (Fsp3) is 0. The van der Waals surface area contributed by atoms with Crippen LogP contribution in [0.5, 0.6) is 0 Å². The number of hydrogen-bond donors (Lipinski definition) is 0. The number of halogens is 2. The molecule has 0 atom stereocenters. The monoisotopic (exact) mass is 1820 g/mol. The molecule has 0 saturated heterocycles. The van der Waals surface area contributed by atoms with Crippen molar-refractivity contribution >= 4 is 143 Å². The van der Waals surface area contributed by atoms with Crippen LogP contribution in [-0.2, 0) is 69.7 Å². The first kappa shape index (κ1) is 73.2. The summed E-state index contributed by atoms with van der Waals surface area (Å²) >= 11 is 13.0. The molecule has 2 heterocycles. The number of hydrogen-bond acceptors (Lipinski definition) is 2. The predicted octanol–water partition coefficient (Wildman–Crippen LogP) is 17.1. The van der Waals surface area contributed by atoms with E-state index >= 15 is 0 Å². The Labute approximate surface area is 591 Å². The minimum Gasteiger partial charge on any atom is -0.694 e. The fourth-order valence-corrected chi connectivity index (χ4v) is 21.4. The maximum atomic E-state index is 3.05. The van der Waals surface area contributed by atoms with Gasteiger partial charge in [0.1, 0.15) is 0 Å². The average molecular weight is 1830 g/mol. The summed E-state index contributed by atoms with van der Waals surface area (Å²) in [6.45, 7) is 0. The van der Waals surface area contributed by atoms with E-state index in [1.807, 2.05) is 47.6 Å². The van der Waals surface area contributed by atoms with Crippen LogP contribution < -0.4 is 42.4 Å². The summed E-state index contributed by atoms with van der Waals surface area (Å²) in [4.78, 5) is 2.57. The molecule has 0 N–H and O–H groups in total. The Morgan fingerprint density at radius 3 is 0.648 bits per heavy atom. The van der Waals surface area contributed by atoms with E-state index in [1.54, 1.807) is 22.7 Å². The molecule has 0 radical (unpaired) electrons. The predicted molar refractivity (Wildman–Crippen MR) is 397 cm³/mol. The normalized spacial score (nSPS) is 12.7. The van der Waals surface area contributed by atoms with Crippen LogP contribution in [0.25, 0.3) is 9.75 Å². The summed E-state index contributed by atoms with van der Waals surface area (Å²) in [7, 11) is -3.34. The maximum Gasteiger partial charge on any atom is 0 e. The molecule has 12 heteroatoms. The van der Waals surface area contributed by atoms with Crippen molar-refractivity contribution < 1.29 is 69.7 Å². The Kier molecular flexibility index (Phi) is 35.9. The van der Waals surface area contributed by atoms with Gasteiger partial charge in [0.2, 0.25) is 0 Å². The largest absolute Gasteiger partial charge is 0.694 e. The molecule has 1 fully saturated rings. The van der Waals surface area contributed by atoms with Gasteiger partial charge >= 0.3 is 62.1 Å². The summed E-state index contributed by atoms with van der Waals surface area (Å²) in [5, 5.41) is 23.5. The Bertz CT molecular complexity index is 3390. The van der Waals surface area contributed by atoms with Gasteiger partial charge < -0.3 is 53.7 Å². The van der Waals surface area contributed by atoms with E-state index in [-0.39, 0.29) is 34.1 Å². The molecule has 0 amide bonds. The molecule has 8 aromatic carbocycles. The maximum absolute atomic E-state index is 3.05. The zero-order valence-electron chi connectivity index (χ0n) is 47.6. The van der Waals surface area contributed by atoms with Crippen LogP contribution in [0, 0.1) is 36.4 Å². The van der Waals surface area contributed by atoms with Crippen molar-refractivity contribution in [3.05, 3.63) is 376 Å². The molecule has 2 aromatic heterocycles. The van der Waals surface area contributed by atoms with E-state index in [0.29, 0.717) is 0 Å². The van der Waals surface area contributed by atoms with Gasteiger partial charge in [0, 0.05) is 34.1 Å². The molecule has 454 valence electrons. The molecule has 1 saturated carbocycles. The molecule has 0 unspecified atom stereocenters. The van der Waals surface area contributed by atoms with Crippen molar-refractivity contribution in [1.29, 1.82) is 0 Å². The van der Waals surface area contributed by atoms with Crippen LogP contribution >= 0.6 is 79.4 Å². The Morgan fingerprint density at radius 1 is 0.273 bits per heavy atom. The van der Waals surface area contributed by atoms with Gasteiger partial charge in [0.15, 0.2) is 0 Å². The Hall–Kier alpha value is -3.82. The zero-order valence-corrected chi connectivity index (χ0v) is 63.1. The number of thiophene rings is 2. The van der Waals surface area contributed by atoms with E-state index in [9.17, 15) is 0 Å². The molecule has 0 bridgehead atoms. The number of allylic oxidation sites excluding steroid dienone is 12. The van der Waals surface area contributed by atoms with Crippen molar-refractivity contribution in [2.24, 2.45) is 0 Å². The SMILES string of the molecule is C1=CC(=[PH](c2ccccc2)c2ccccc2)C=C1.C1=CC(=[PH](c2ccccc2)c2ccccc2)C=C1.C1=CC(=[PH](c2ccccc2)c2ccccc2)C=C1.[Br][Pt+].[Br][Pt+].[Fe].[Fe].[c-]1ccc(-c2cc[c-]s2)s1.c1ccc([PH](=C2[CH-][CH-][CH-][CH-]2)c2ccccc2)cc1. The first-order chi connectivity index (χ1) is 42.8. The molecule has 0 nitrogen and oxygen atoms in total. The summed E-state index contributed by atoms with van der Waals surface area (Å²) in [6, 6.07) is 94.7. The smallest absolute Gasteiger partial charge is 0 e. The first-order valence-corrected chi connectivity index (χ1v) is 45.3. The molecular formula is C76H64Br2Fe2P4Pt2S2-4. The molecule has 14 rings (SSSR count). The second kappa shape index (κ2) is 43.1. The van der Waals surface area contributed by atoms with Gasteiger partial charge in [-0.15, -0.1) is 18.3 Å². The third-order valence-electron chi connectivity index (χ3n) is 13.5. The number of rotatable bonds is 9. The van der Waals surface area contributed by atoms with Crippen LogP contribution in [0.3, 0.4) is 0 Å². The molecule has 4 aliphatic carbocycles. The van der Waals surface area contributed by atoms with E-state index in [1.165, 1.54) is 73.4 Å². The molecular weight excluding hydrogens is 1760 g/mol. The van der Waals surface area contributed by atoms with E-state index in [0.717, 1.165) is 0 Å². The fourth-order valence-electron chi connectivity index (χ4n) is 9.75. The van der Waals surface area contributed by atoms with Gasteiger partial charge in [-0.25, -0.2) is 12.1 Å². The van der Waals surface area contributed by atoms with E-state index in [4.69, 9.17) is 0 Å². The van der Waals surface area contributed by atoms with Gasteiger partial charge in [-0.2, -0.15) is 21.9 Å². The molecule has 4 aliphatic rings. The van der Waals surface area contributed by atoms with Crippen molar-refractivity contribution in [3.63, 3.8) is 0 Å². The van der Waals surface area contributed by atoms with Gasteiger partial charge in [-0.05, 0) is 58.3 Å². The van der Waals surface area contributed by atoms with Crippen LogP contribution in [-0.4, -0.2) is 21.2 Å². The van der Waals surface area contributed by atoms with Crippen molar-refractivity contribution in [2.45, 2.75) is 0 Å². The van der Waals surface area contributed by atoms with Crippen LogP contribution in [0.15, 0.2) is 340 Å². The Morgan fingerprint density at radius 2 is 0.466 bits per heavy atom. The minimum absolute atomic E-state index is 0.